The standard InChI is InChI=1S/C45H28N2/c46-29-30-25-26-40(45-38-21-6-4-19-36(38)44(31-13-2-1-3-14-31)37-20-5-7-22-39(37)45)41(27-30)32-15-12-16-33(28-32)47-42-23-10-8-17-34(42)35-18-9-11-24-43(35)47/h1-28H. The molecule has 0 unspecified atom stereocenters. The van der Waals surface area contributed by atoms with Crippen molar-refractivity contribution < 1.29 is 0 Å². The lowest BCUT2D eigenvalue weighted by molar-refractivity contribution is 1.18. The van der Waals surface area contributed by atoms with Crippen LogP contribution in [0.5, 0.6) is 0 Å². The van der Waals surface area contributed by atoms with Crippen LogP contribution in [0.1, 0.15) is 5.56 Å². The van der Waals surface area contributed by atoms with Crippen molar-refractivity contribution in [3.63, 3.8) is 0 Å². The van der Waals surface area contributed by atoms with E-state index in [1.807, 2.05) is 6.07 Å². The van der Waals surface area contributed by atoms with E-state index in [1.54, 1.807) is 0 Å². The number of hydrogen-bond donors (Lipinski definition) is 0. The van der Waals surface area contributed by atoms with Gasteiger partial charge in [-0.2, -0.15) is 5.26 Å². The second kappa shape index (κ2) is 10.9. The third kappa shape index (κ3) is 4.26. The van der Waals surface area contributed by atoms with Gasteiger partial charge in [-0.3, -0.25) is 0 Å². The molecule has 9 aromatic rings. The lowest BCUT2D eigenvalue weighted by Crippen LogP contribution is -1.96. The maximum atomic E-state index is 10.1. The minimum absolute atomic E-state index is 0.639. The molecule has 0 amide bonds. The summed E-state index contributed by atoms with van der Waals surface area (Å²) in [5, 5.41) is 17.3. The lowest BCUT2D eigenvalue weighted by atomic mass is 9.83. The van der Waals surface area contributed by atoms with Gasteiger partial charge in [-0.1, -0.05) is 133 Å². The number of nitrogens with zero attached hydrogens (tertiary/aromatic N) is 2. The Bertz CT molecular complexity index is 2580. The molecule has 1 heterocycles. The highest BCUT2D eigenvalue weighted by Crippen LogP contribution is 2.46. The zero-order chi connectivity index (χ0) is 31.3. The van der Waals surface area contributed by atoms with E-state index >= 15 is 0 Å². The molecular formula is C45H28N2. The quantitative estimate of drug-likeness (QED) is 0.186. The normalized spacial score (nSPS) is 11.4. The molecular weight excluding hydrogens is 569 g/mol. The minimum Gasteiger partial charge on any atom is -0.309 e. The van der Waals surface area contributed by atoms with Gasteiger partial charge in [0.25, 0.3) is 0 Å². The maximum Gasteiger partial charge on any atom is 0.0991 e. The van der Waals surface area contributed by atoms with E-state index in [0.29, 0.717) is 5.56 Å². The van der Waals surface area contributed by atoms with Crippen LogP contribution >= 0.6 is 0 Å². The van der Waals surface area contributed by atoms with Gasteiger partial charge in [-0.05, 0) is 91.3 Å². The van der Waals surface area contributed by atoms with E-state index in [0.717, 1.165) is 22.4 Å². The van der Waals surface area contributed by atoms with Gasteiger partial charge in [0.1, 0.15) is 0 Å². The first-order valence-corrected chi connectivity index (χ1v) is 15.9. The first kappa shape index (κ1) is 26.9. The van der Waals surface area contributed by atoms with Gasteiger partial charge in [-0.25, -0.2) is 0 Å². The highest BCUT2D eigenvalue weighted by Gasteiger charge is 2.20. The Morgan fingerprint density at radius 3 is 1.49 bits per heavy atom. The van der Waals surface area contributed by atoms with Crippen LogP contribution in [0.25, 0.3) is 82.4 Å². The van der Waals surface area contributed by atoms with Crippen molar-refractivity contribution in [1.82, 2.24) is 4.57 Å². The number of fused-ring (bicyclic) bond motifs is 5. The summed E-state index contributed by atoms with van der Waals surface area (Å²) in [6.07, 6.45) is 0. The topological polar surface area (TPSA) is 28.7 Å². The van der Waals surface area contributed by atoms with Crippen LogP contribution in [0.2, 0.25) is 0 Å². The molecule has 0 saturated heterocycles. The highest BCUT2D eigenvalue weighted by atomic mass is 15.0. The summed E-state index contributed by atoms with van der Waals surface area (Å²) in [5.41, 5.74) is 10.9. The van der Waals surface area contributed by atoms with Crippen molar-refractivity contribution in [1.29, 1.82) is 5.26 Å². The van der Waals surface area contributed by atoms with Gasteiger partial charge >= 0.3 is 0 Å². The van der Waals surface area contributed by atoms with E-state index in [4.69, 9.17) is 0 Å². The SMILES string of the molecule is N#Cc1ccc(-c2c3ccccc3c(-c3ccccc3)c3ccccc23)c(-c2cccc(-n3c4ccccc4c4ccccc43)c2)c1. The Morgan fingerprint density at radius 1 is 0.383 bits per heavy atom. The largest absolute Gasteiger partial charge is 0.309 e. The van der Waals surface area contributed by atoms with Gasteiger partial charge in [0.05, 0.1) is 22.7 Å². The molecule has 8 aromatic carbocycles. The summed E-state index contributed by atoms with van der Waals surface area (Å²) in [6.45, 7) is 0. The van der Waals surface area contributed by atoms with E-state index in [2.05, 4.69) is 174 Å². The molecule has 0 aliphatic rings. The first-order valence-electron chi connectivity index (χ1n) is 15.9. The van der Waals surface area contributed by atoms with Crippen LogP contribution in [-0.2, 0) is 0 Å². The number of benzene rings is 8. The van der Waals surface area contributed by atoms with E-state index < -0.39 is 0 Å². The van der Waals surface area contributed by atoms with Crippen LogP contribution in [0, 0.1) is 11.3 Å². The van der Waals surface area contributed by atoms with Crippen molar-refractivity contribution in [2.45, 2.75) is 0 Å². The summed E-state index contributed by atoms with van der Waals surface area (Å²) in [6, 6.07) is 62.6. The molecule has 2 nitrogen and oxygen atoms in total. The van der Waals surface area contributed by atoms with Crippen LogP contribution < -0.4 is 0 Å². The Hall–Kier alpha value is -6.43. The zero-order valence-corrected chi connectivity index (χ0v) is 25.6. The van der Waals surface area contributed by atoms with Crippen molar-refractivity contribution in [3.05, 3.63) is 175 Å². The number of para-hydroxylation sites is 2. The molecule has 0 spiro atoms. The number of aromatic nitrogens is 1. The molecule has 0 fully saturated rings. The summed E-state index contributed by atoms with van der Waals surface area (Å²) < 4.78 is 2.35. The molecule has 0 atom stereocenters. The number of rotatable bonds is 4. The van der Waals surface area contributed by atoms with E-state index in [1.165, 1.54) is 60.0 Å². The van der Waals surface area contributed by atoms with Crippen molar-refractivity contribution >= 4 is 43.4 Å². The molecule has 0 bridgehead atoms. The van der Waals surface area contributed by atoms with Gasteiger partial charge in [0.2, 0.25) is 0 Å². The highest BCUT2D eigenvalue weighted by molar-refractivity contribution is 6.22. The fourth-order valence-electron chi connectivity index (χ4n) is 7.42. The molecule has 0 N–H and O–H groups in total. The smallest absolute Gasteiger partial charge is 0.0991 e. The fourth-order valence-corrected chi connectivity index (χ4v) is 7.42. The second-order valence-corrected chi connectivity index (χ2v) is 12.0. The Kier molecular flexibility index (Phi) is 6.23. The first-order chi connectivity index (χ1) is 23.3. The van der Waals surface area contributed by atoms with Crippen LogP contribution in [0.4, 0.5) is 0 Å². The molecule has 1 aromatic heterocycles. The molecule has 0 aliphatic carbocycles. The minimum atomic E-state index is 0.639. The van der Waals surface area contributed by atoms with Gasteiger partial charge in [0, 0.05) is 16.5 Å². The predicted octanol–water partition coefficient (Wildman–Crippen LogP) is 12.0. The fraction of sp³-hybridized carbons (Fsp3) is 0. The summed E-state index contributed by atoms with van der Waals surface area (Å²) >= 11 is 0. The molecule has 9 rings (SSSR count). The van der Waals surface area contributed by atoms with Crippen molar-refractivity contribution in [3.8, 4) is 45.1 Å². The number of nitriles is 1. The maximum absolute atomic E-state index is 10.1. The molecule has 218 valence electrons. The molecule has 0 saturated carbocycles. The lowest BCUT2D eigenvalue weighted by Gasteiger charge is -2.20. The Balaban J connectivity index is 1.34. The monoisotopic (exact) mass is 596 g/mol. The van der Waals surface area contributed by atoms with E-state index in [-0.39, 0.29) is 0 Å². The Morgan fingerprint density at radius 2 is 0.894 bits per heavy atom. The number of hydrogen-bond acceptors (Lipinski definition) is 1. The summed E-state index contributed by atoms with van der Waals surface area (Å²) in [5.74, 6) is 0. The molecule has 2 heteroatoms. The Labute approximate surface area is 273 Å². The van der Waals surface area contributed by atoms with Crippen molar-refractivity contribution in [2.24, 2.45) is 0 Å². The molecule has 0 aliphatic heterocycles. The average molecular weight is 597 g/mol. The average Bonchev–Trinajstić information content (AvgIpc) is 3.48. The van der Waals surface area contributed by atoms with Gasteiger partial charge in [0.15, 0.2) is 0 Å². The van der Waals surface area contributed by atoms with Crippen LogP contribution in [0.3, 0.4) is 0 Å². The van der Waals surface area contributed by atoms with Gasteiger partial charge < -0.3 is 4.57 Å². The van der Waals surface area contributed by atoms with Gasteiger partial charge in [-0.15, -0.1) is 0 Å². The third-order valence-corrected chi connectivity index (χ3v) is 9.41. The third-order valence-electron chi connectivity index (χ3n) is 9.41. The van der Waals surface area contributed by atoms with E-state index in [9.17, 15) is 5.26 Å². The zero-order valence-electron chi connectivity index (χ0n) is 25.6. The second-order valence-electron chi connectivity index (χ2n) is 12.0. The molecule has 0 radical (unpaired) electrons. The van der Waals surface area contributed by atoms with Crippen LogP contribution in [-0.4, -0.2) is 4.57 Å². The summed E-state index contributed by atoms with van der Waals surface area (Å²) in [4.78, 5) is 0. The van der Waals surface area contributed by atoms with Crippen molar-refractivity contribution in [2.75, 3.05) is 0 Å². The predicted molar refractivity (Wildman–Crippen MR) is 197 cm³/mol. The molecule has 47 heavy (non-hydrogen) atoms. The summed E-state index contributed by atoms with van der Waals surface area (Å²) in [7, 11) is 0. The van der Waals surface area contributed by atoms with Crippen LogP contribution in [0.15, 0.2) is 170 Å².